The highest BCUT2D eigenvalue weighted by atomic mass is 16.5. The van der Waals surface area contributed by atoms with Gasteiger partial charge in [0.05, 0.1) is 18.4 Å². The van der Waals surface area contributed by atoms with Crippen LogP contribution < -0.4 is 10.5 Å². The van der Waals surface area contributed by atoms with Gasteiger partial charge in [0.25, 0.3) is 0 Å². The number of rotatable bonds is 6. The van der Waals surface area contributed by atoms with Gasteiger partial charge in [-0.2, -0.15) is 0 Å². The van der Waals surface area contributed by atoms with E-state index in [1.807, 2.05) is 6.07 Å². The molecule has 24 heavy (non-hydrogen) atoms. The van der Waals surface area contributed by atoms with Gasteiger partial charge in [-0.1, -0.05) is 6.07 Å². The van der Waals surface area contributed by atoms with Crippen molar-refractivity contribution in [3.05, 3.63) is 47.2 Å². The number of aryl methyl sites for hydroxylation is 3. The van der Waals surface area contributed by atoms with Crippen molar-refractivity contribution in [3.8, 4) is 17.1 Å². The lowest BCUT2D eigenvalue weighted by Gasteiger charge is -2.09. The maximum Gasteiger partial charge on any atom is 0.222 e. The molecule has 0 bridgehead atoms. The van der Waals surface area contributed by atoms with Crippen molar-refractivity contribution >= 4 is 10.9 Å². The topological polar surface area (TPSA) is 63.9 Å². The number of nitrogens with one attached hydrogen (secondary N) is 1. The molecule has 3 N–H and O–H groups in total. The molecular formula is C20H25N3O. The van der Waals surface area contributed by atoms with Crippen molar-refractivity contribution in [2.24, 2.45) is 5.73 Å². The summed E-state index contributed by atoms with van der Waals surface area (Å²) < 4.78 is 5.48. The van der Waals surface area contributed by atoms with Crippen LogP contribution in [0.1, 0.15) is 29.5 Å². The Morgan fingerprint density at radius 3 is 2.79 bits per heavy atom. The normalized spacial score (nSPS) is 11.2. The van der Waals surface area contributed by atoms with Gasteiger partial charge in [0.1, 0.15) is 0 Å². The molecular weight excluding hydrogens is 298 g/mol. The number of hydrogen-bond acceptors (Lipinski definition) is 3. The Hall–Kier alpha value is -2.33. The second-order valence-corrected chi connectivity index (χ2v) is 6.29. The summed E-state index contributed by atoms with van der Waals surface area (Å²) in [6, 6.07) is 8.46. The van der Waals surface area contributed by atoms with Crippen molar-refractivity contribution in [2.45, 2.75) is 33.1 Å². The zero-order valence-electron chi connectivity index (χ0n) is 14.6. The number of aromatic amines is 1. The van der Waals surface area contributed by atoms with Gasteiger partial charge in [-0.15, -0.1) is 0 Å². The number of hydrogen-bond donors (Lipinski definition) is 2. The summed E-state index contributed by atoms with van der Waals surface area (Å²) in [5.74, 6) is 0.651. The summed E-state index contributed by atoms with van der Waals surface area (Å²) in [5.41, 5.74) is 12.9. The smallest absolute Gasteiger partial charge is 0.222 e. The van der Waals surface area contributed by atoms with Crippen molar-refractivity contribution in [1.82, 2.24) is 9.97 Å². The molecule has 0 saturated carbocycles. The summed E-state index contributed by atoms with van der Waals surface area (Å²) in [4.78, 5) is 7.97. The van der Waals surface area contributed by atoms with Crippen LogP contribution in [0.5, 0.6) is 5.88 Å². The van der Waals surface area contributed by atoms with Crippen LogP contribution in [0, 0.1) is 13.8 Å². The van der Waals surface area contributed by atoms with E-state index in [9.17, 15) is 0 Å². The largest absolute Gasteiger partial charge is 0.481 e. The van der Waals surface area contributed by atoms with E-state index in [0.717, 1.165) is 37.1 Å². The van der Waals surface area contributed by atoms with Gasteiger partial charge < -0.3 is 15.5 Å². The monoisotopic (exact) mass is 323 g/mol. The molecule has 0 spiro atoms. The molecule has 3 rings (SSSR count). The third-order valence-electron chi connectivity index (χ3n) is 4.46. The fraction of sp³-hybridized carbons (Fsp3) is 0.350. The van der Waals surface area contributed by atoms with Crippen molar-refractivity contribution in [2.75, 3.05) is 13.7 Å². The van der Waals surface area contributed by atoms with Crippen LogP contribution in [0.4, 0.5) is 0 Å². The van der Waals surface area contributed by atoms with Gasteiger partial charge >= 0.3 is 0 Å². The third-order valence-corrected chi connectivity index (χ3v) is 4.46. The van der Waals surface area contributed by atoms with Crippen LogP contribution in [0.2, 0.25) is 0 Å². The summed E-state index contributed by atoms with van der Waals surface area (Å²) in [6.45, 7) is 5.04. The predicted octanol–water partition coefficient (Wildman–Crippen LogP) is 4.14. The molecule has 0 aliphatic rings. The van der Waals surface area contributed by atoms with Crippen molar-refractivity contribution < 1.29 is 4.74 Å². The lowest BCUT2D eigenvalue weighted by molar-refractivity contribution is 0.399. The minimum atomic E-state index is 0.651. The van der Waals surface area contributed by atoms with Gasteiger partial charge in [0.15, 0.2) is 0 Å². The molecule has 0 aliphatic carbocycles. The van der Waals surface area contributed by atoms with Crippen LogP contribution in [0.25, 0.3) is 22.2 Å². The fourth-order valence-corrected chi connectivity index (χ4v) is 3.47. The second kappa shape index (κ2) is 7.05. The minimum absolute atomic E-state index is 0.651. The Balaban J connectivity index is 2.22. The molecule has 2 heterocycles. The predicted molar refractivity (Wildman–Crippen MR) is 99.5 cm³/mol. The number of nitrogens with zero attached hydrogens (tertiary/aromatic N) is 1. The molecule has 0 radical (unpaired) electrons. The molecule has 4 nitrogen and oxygen atoms in total. The first-order valence-electron chi connectivity index (χ1n) is 8.47. The zero-order valence-corrected chi connectivity index (χ0v) is 14.6. The van der Waals surface area contributed by atoms with E-state index in [2.05, 4.69) is 42.0 Å². The number of benzene rings is 1. The molecule has 0 unspecified atom stereocenters. The minimum Gasteiger partial charge on any atom is -0.481 e. The van der Waals surface area contributed by atoms with Gasteiger partial charge in [-0.05, 0) is 74.5 Å². The zero-order chi connectivity index (χ0) is 17.1. The summed E-state index contributed by atoms with van der Waals surface area (Å²) in [6.07, 6.45) is 4.86. The molecule has 0 fully saturated rings. The Labute approximate surface area is 143 Å². The maximum atomic E-state index is 5.69. The van der Waals surface area contributed by atoms with Crippen LogP contribution in [0.3, 0.4) is 0 Å². The highest BCUT2D eigenvalue weighted by molar-refractivity contribution is 5.94. The Kier molecular flexibility index (Phi) is 4.86. The average molecular weight is 323 g/mol. The van der Waals surface area contributed by atoms with E-state index in [1.165, 1.54) is 27.6 Å². The summed E-state index contributed by atoms with van der Waals surface area (Å²) in [5, 5.41) is 1.32. The van der Waals surface area contributed by atoms with Crippen molar-refractivity contribution in [3.63, 3.8) is 0 Å². The van der Waals surface area contributed by atoms with E-state index in [-0.39, 0.29) is 0 Å². The van der Waals surface area contributed by atoms with Crippen LogP contribution in [-0.2, 0) is 6.42 Å². The van der Waals surface area contributed by atoms with E-state index in [4.69, 9.17) is 10.5 Å². The number of pyridine rings is 1. The van der Waals surface area contributed by atoms with E-state index in [0.29, 0.717) is 5.88 Å². The molecule has 0 atom stereocenters. The summed E-state index contributed by atoms with van der Waals surface area (Å²) >= 11 is 0. The number of ether oxygens (including phenoxy) is 1. The molecule has 1 aromatic carbocycles. The van der Waals surface area contributed by atoms with Crippen LogP contribution in [-0.4, -0.2) is 23.6 Å². The maximum absolute atomic E-state index is 5.69. The molecule has 3 aromatic rings. The molecule has 4 heteroatoms. The number of methoxy groups -OCH3 is 1. The number of fused-ring (bicyclic) bond motifs is 1. The quantitative estimate of drug-likeness (QED) is 0.670. The van der Waals surface area contributed by atoms with E-state index in [1.54, 1.807) is 13.3 Å². The lowest BCUT2D eigenvalue weighted by Crippen LogP contribution is -2.00. The van der Waals surface area contributed by atoms with Gasteiger partial charge in [0.2, 0.25) is 5.88 Å². The highest BCUT2D eigenvalue weighted by Crippen LogP contribution is 2.37. The SMILES string of the molecule is COc1ncccc1-c1[nH]c2cc(C)cc(C)c2c1CCCCN. The van der Waals surface area contributed by atoms with Crippen LogP contribution in [0.15, 0.2) is 30.5 Å². The molecule has 0 saturated heterocycles. The standard InChI is InChI=1S/C20H25N3O/c1-13-11-14(2)18-15(7-4-5-9-21)19(23-17(18)12-13)16-8-6-10-22-20(16)24-3/h6,8,10-12,23H,4-5,7,9,21H2,1-3H3. The van der Waals surface area contributed by atoms with Crippen LogP contribution >= 0.6 is 0 Å². The molecule has 0 aliphatic heterocycles. The number of unbranched alkanes of at least 4 members (excludes halogenated alkanes) is 1. The number of nitrogens with two attached hydrogens (primary N) is 1. The highest BCUT2D eigenvalue weighted by Gasteiger charge is 2.18. The first-order chi connectivity index (χ1) is 11.7. The Bertz CT molecular complexity index is 851. The molecule has 126 valence electrons. The lowest BCUT2D eigenvalue weighted by atomic mass is 9.97. The fourth-order valence-electron chi connectivity index (χ4n) is 3.47. The molecule has 2 aromatic heterocycles. The average Bonchev–Trinajstić information content (AvgIpc) is 2.93. The first-order valence-corrected chi connectivity index (χ1v) is 8.47. The number of H-pyrrole nitrogens is 1. The summed E-state index contributed by atoms with van der Waals surface area (Å²) in [7, 11) is 1.66. The first kappa shape index (κ1) is 16.5. The van der Waals surface area contributed by atoms with Crippen molar-refractivity contribution in [1.29, 1.82) is 0 Å². The van der Waals surface area contributed by atoms with Gasteiger partial charge in [0, 0.05) is 17.1 Å². The Morgan fingerprint density at radius 1 is 1.21 bits per heavy atom. The van der Waals surface area contributed by atoms with Gasteiger partial charge in [-0.3, -0.25) is 0 Å². The second-order valence-electron chi connectivity index (χ2n) is 6.29. The van der Waals surface area contributed by atoms with E-state index < -0.39 is 0 Å². The molecule has 0 amide bonds. The number of aromatic nitrogens is 2. The van der Waals surface area contributed by atoms with E-state index >= 15 is 0 Å². The third kappa shape index (κ3) is 3.02. The van der Waals surface area contributed by atoms with Gasteiger partial charge in [-0.25, -0.2) is 4.98 Å². The Morgan fingerprint density at radius 2 is 2.04 bits per heavy atom.